The van der Waals surface area contributed by atoms with Crippen molar-refractivity contribution in [3.05, 3.63) is 53.6 Å². The van der Waals surface area contributed by atoms with E-state index in [0.29, 0.717) is 17.1 Å². The predicted molar refractivity (Wildman–Crippen MR) is 116 cm³/mol. The van der Waals surface area contributed by atoms with Crippen molar-refractivity contribution in [2.75, 3.05) is 26.4 Å². The summed E-state index contributed by atoms with van der Waals surface area (Å²) >= 11 is 0. The summed E-state index contributed by atoms with van der Waals surface area (Å²) in [6.07, 6.45) is 1.79. The van der Waals surface area contributed by atoms with Gasteiger partial charge in [-0.3, -0.25) is 4.79 Å². The van der Waals surface area contributed by atoms with Gasteiger partial charge in [0.2, 0.25) is 16.8 Å². The molecule has 1 fully saturated rings. The quantitative estimate of drug-likeness (QED) is 0.678. The molecule has 9 heteroatoms. The van der Waals surface area contributed by atoms with Crippen LogP contribution in [0.4, 0.5) is 0 Å². The van der Waals surface area contributed by atoms with Gasteiger partial charge in [-0.2, -0.15) is 0 Å². The zero-order valence-electron chi connectivity index (χ0n) is 17.5. The van der Waals surface area contributed by atoms with Gasteiger partial charge >= 0.3 is 0 Å². The average molecular weight is 446 g/mol. The third kappa shape index (κ3) is 5.17. The Morgan fingerprint density at radius 1 is 1.10 bits per heavy atom. The number of rotatable bonds is 7. The molecule has 0 saturated carbocycles. The van der Waals surface area contributed by atoms with E-state index in [1.54, 1.807) is 30.3 Å². The van der Waals surface area contributed by atoms with Crippen LogP contribution in [0.5, 0.6) is 11.5 Å². The Kier molecular flexibility index (Phi) is 6.45. The van der Waals surface area contributed by atoms with E-state index >= 15 is 0 Å². The third-order valence-electron chi connectivity index (χ3n) is 5.68. The summed E-state index contributed by atoms with van der Waals surface area (Å²) in [6, 6.07) is 11.5. The number of amides is 1. The minimum Gasteiger partial charge on any atom is -0.454 e. The van der Waals surface area contributed by atoms with Crippen molar-refractivity contribution < 1.29 is 22.7 Å². The van der Waals surface area contributed by atoms with Gasteiger partial charge in [-0.25, -0.2) is 13.1 Å². The molecule has 2 aromatic rings. The van der Waals surface area contributed by atoms with Crippen LogP contribution in [0.1, 0.15) is 35.7 Å². The van der Waals surface area contributed by atoms with Crippen LogP contribution in [0.2, 0.25) is 0 Å². The fraction of sp³-hybridized carbons (Fsp3) is 0.409. The second-order valence-electron chi connectivity index (χ2n) is 7.72. The zero-order valence-corrected chi connectivity index (χ0v) is 18.3. The molecule has 0 aliphatic carbocycles. The Morgan fingerprint density at radius 3 is 2.65 bits per heavy atom. The van der Waals surface area contributed by atoms with Crippen LogP contribution in [0, 0.1) is 0 Å². The number of nitrogens with one attached hydrogen (secondary N) is 2. The summed E-state index contributed by atoms with van der Waals surface area (Å²) in [5.41, 5.74) is 1.09. The molecule has 8 nitrogen and oxygen atoms in total. The van der Waals surface area contributed by atoms with Crippen molar-refractivity contribution in [3.8, 4) is 11.5 Å². The van der Waals surface area contributed by atoms with Crippen molar-refractivity contribution in [2.45, 2.75) is 37.2 Å². The number of fused-ring (bicyclic) bond motifs is 1. The SMILES string of the molecule is CCN1CCC(NC(=O)c2cccc(S(=O)(=O)NCc3ccc4c(c3)OCO4)c2)CC1. The first-order valence-corrected chi connectivity index (χ1v) is 11.9. The molecular weight excluding hydrogens is 418 g/mol. The second kappa shape index (κ2) is 9.25. The molecule has 0 atom stereocenters. The highest BCUT2D eigenvalue weighted by atomic mass is 32.2. The van der Waals surface area contributed by atoms with Crippen LogP contribution in [-0.4, -0.2) is 51.7 Å². The Balaban J connectivity index is 1.39. The molecule has 0 spiro atoms. The highest BCUT2D eigenvalue weighted by molar-refractivity contribution is 7.89. The molecule has 1 saturated heterocycles. The maximum absolute atomic E-state index is 12.8. The molecule has 2 aliphatic heterocycles. The number of carbonyl (C=O) groups excluding carboxylic acids is 1. The van der Waals surface area contributed by atoms with Crippen molar-refractivity contribution in [1.29, 1.82) is 0 Å². The number of carbonyl (C=O) groups is 1. The molecule has 2 aromatic carbocycles. The Hall–Kier alpha value is -2.62. The number of sulfonamides is 1. The van der Waals surface area contributed by atoms with E-state index in [2.05, 4.69) is 21.9 Å². The van der Waals surface area contributed by atoms with Gasteiger partial charge in [0.05, 0.1) is 4.90 Å². The van der Waals surface area contributed by atoms with Gasteiger partial charge in [-0.1, -0.05) is 19.1 Å². The Bertz CT molecular complexity index is 1050. The van der Waals surface area contributed by atoms with Gasteiger partial charge in [0.25, 0.3) is 5.91 Å². The van der Waals surface area contributed by atoms with Gasteiger partial charge in [0, 0.05) is 31.2 Å². The largest absolute Gasteiger partial charge is 0.454 e. The molecular formula is C22H27N3O5S. The Morgan fingerprint density at radius 2 is 1.87 bits per heavy atom. The Labute approximate surface area is 182 Å². The number of nitrogens with zero attached hydrogens (tertiary/aromatic N) is 1. The molecule has 4 rings (SSSR count). The van der Waals surface area contributed by atoms with Crippen LogP contribution < -0.4 is 19.5 Å². The van der Waals surface area contributed by atoms with Crippen molar-refractivity contribution in [2.24, 2.45) is 0 Å². The monoisotopic (exact) mass is 445 g/mol. The van der Waals surface area contributed by atoms with Crippen LogP contribution in [-0.2, 0) is 16.6 Å². The highest BCUT2D eigenvalue weighted by Gasteiger charge is 2.22. The molecule has 0 radical (unpaired) electrons. The molecule has 166 valence electrons. The van der Waals surface area contributed by atoms with Gasteiger partial charge in [0.15, 0.2) is 11.5 Å². The summed E-state index contributed by atoms with van der Waals surface area (Å²) < 4.78 is 38.7. The molecule has 31 heavy (non-hydrogen) atoms. The summed E-state index contributed by atoms with van der Waals surface area (Å²) in [5.74, 6) is 0.994. The standard InChI is InChI=1S/C22H27N3O5S/c1-2-25-10-8-18(9-11-25)24-22(26)17-4-3-5-19(13-17)31(27,28)23-14-16-6-7-20-21(12-16)30-15-29-20/h3-7,12-13,18,23H,2,8-11,14-15H2,1H3,(H,24,26). The minimum absolute atomic E-state index is 0.0571. The topological polar surface area (TPSA) is 97.0 Å². The second-order valence-corrected chi connectivity index (χ2v) is 9.49. The van der Waals surface area contributed by atoms with E-state index in [-0.39, 0.29) is 30.2 Å². The minimum atomic E-state index is -3.78. The molecule has 0 unspecified atom stereocenters. The van der Waals surface area contributed by atoms with E-state index in [9.17, 15) is 13.2 Å². The van der Waals surface area contributed by atoms with Crippen LogP contribution in [0.25, 0.3) is 0 Å². The van der Waals surface area contributed by atoms with Crippen molar-refractivity contribution in [1.82, 2.24) is 14.9 Å². The third-order valence-corrected chi connectivity index (χ3v) is 7.08. The molecule has 0 bridgehead atoms. The lowest BCUT2D eigenvalue weighted by molar-refractivity contribution is 0.0912. The normalized spacial score (nSPS) is 16.9. The highest BCUT2D eigenvalue weighted by Crippen LogP contribution is 2.32. The van der Waals surface area contributed by atoms with Crippen molar-refractivity contribution >= 4 is 15.9 Å². The lowest BCUT2D eigenvalue weighted by atomic mass is 10.0. The first kappa shape index (κ1) is 21.6. The first-order valence-electron chi connectivity index (χ1n) is 10.5. The summed E-state index contributed by atoms with van der Waals surface area (Å²) in [4.78, 5) is 15.1. The first-order chi connectivity index (χ1) is 14.9. The number of likely N-dealkylation sites (tertiary alicyclic amines) is 1. The number of piperidine rings is 1. The van der Waals surface area contributed by atoms with Gasteiger partial charge in [-0.05, 0) is 55.3 Å². The number of benzene rings is 2. The van der Waals surface area contributed by atoms with Crippen molar-refractivity contribution in [3.63, 3.8) is 0 Å². The van der Waals surface area contributed by atoms with Gasteiger partial charge < -0.3 is 19.7 Å². The van der Waals surface area contributed by atoms with Crippen LogP contribution >= 0.6 is 0 Å². The number of ether oxygens (including phenoxy) is 2. The van der Waals surface area contributed by atoms with E-state index in [4.69, 9.17) is 9.47 Å². The van der Waals surface area contributed by atoms with E-state index < -0.39 is 10.0 Å². The predicted octanol–water partition coefficient (Wildman–Crippen LogP) is 2.11. The summed E-state index contributed by atoms with van der Waals surface area (Å²) in [5, 5.41) is 3.03. The fourth-order valence-electron chi connectivity index (χ4n) is 3.78. The number of hydrogen-bond donors (Lipinski definition) is 2. The lowest BCUT2D eigenvalue weighted by Crippen LogP contribution is -2.44. The van der Waals surface area contributed by atoms with E-state index in [1.807, 2.05) is 0 Å². The van der Waals surface area contributed by atoms with Crippen LogP contribution in [0.3, 0.4) is 0 Å². The smallest absolute Gasteiger partial charge is 0.251 e. The lowest BCUT2D eigenvalue weighted by Gasteiger charge is -2.31. The summed E-state index contributed by atoms with van der Waals surface area (Å²) in [6.45, 7) is 5.33. The molecule has 0 aromatic heterocycles. The molecule has 1 amide bonds. The maximum Gasteiger partial charge on any atom is 0.251 e. The zero-order chi connectivity index (χ0) is 21.8. The van der Waals surface area contributed by atoms with Gasteiger partial charge in [-0.15, -0.1) is 0 Å². The molecule has 2 heterocycles. The van der Waals surface area contributed by atoms with Crippen LogP contribution in [0.15, 0.2) is 47.4 Å². The fourth-order valence-corrected chi connectivity index (χ4v) is 4.84. The number of hydrogen-bond acceptors (Lipinski definition) is 6. The molecule has 2 aliphatic rings. The van der Waals surface area contributed by atoms with E-state index in [1.165, 1.54) is 12.1 Å². The summed E-state index contributed by atoms with van der Waals surface area (Å²) in [7, 11) is -3.78. The average Bonchev–Trinajstić information content (AvgIpc) is 3.26. The van der Waals surface area contributed by atoms with Gasteiger partial charge in [0.1, 0.15) is 0 Å². The molecule has 2 N–H and O–H groups in total. The van der Waals surface area contributed by atoms with E-state index in [0.717, 1.165) is 38.0 Å². The maximum atomic E-state index is 12.8.